The second-order valence-electron chi connectivity index (χ2n) is 5.90. The fraction of sp³-hybridized carbons (Fsp3) is 0.800. The molecule has 0 aromatic rings. The van der Waals surface area contributed by atoms with Gasteiger partial charge in [-0.1, -0.05) is 38.5 Å². The van der Waals surface area contributed by atoms with Gasteiger partial charge in [0.1, 0.15) is 6.21 Å². The number of aliphatic imine (C=N–C) groups is 1. The highest BCUT2D eigenvalue weighted by Crippen LogP contribution is 2.20. The fourth-order valence-corrected chi connectivity index (χ4v) is 3.02. The Balaban J connectivity index is 1.88. The molecular weight excluding hydrogens is 254 g/mol. The molecule has 2 rings (SSSR count). The van der Waals surface area contributed by atoms with Crippen LogP contribution in [-0.2, 0) is 0 Å². The van der Waals surface area contributed by atoms with E-state index in [0.717, 1.165) is 25.7 Å². The summed E-state index contributed by atoms with van der Waals surface area (Å²) in [5.74, 6) is 0. The number of nitro groups is 1. The lowest BCUT2D eigenvalue weighted by atomic mass is 9.96. The van der Waals surface area contributed by atoms with Crippen molar-refractivity contribution in [1.29, 1.82) is 0 Å². The highest BCUT2D eigenvalue weighted by Gasteiger charge is 2.15. The van der Waals surface area contributed by atoms with Gasteiger partial charge < -0.3 is 5.32 Å². The summed E-state index contributed by atoms with van der Waals surface area (Å²) < 4.78 is 0. The van der Waals surface area contributed by atoms with Gasteiger partial charge in [-0.2, -0.15) is 0 Å². The zero-order valence-electron chi connectivity index (χ0n) is 12.1. The third-order valence-corrected chi connectivity index (χ3v) is 4.28. The monoisotopic (exact) mass is 279 g/mol. The fourth-order valence-electron chi connectivity index (χ4n) is 3.02. The molecule has 0 saturated heterocycles. The van der Waals surface area contributed by atoms with E-state index in [9.17, 15) is 10.1 Å². The van der Waals surface area contributed by atoms with Crippen molar-refractivity contribution >= 4 is 6.21 Å². The quantitative estimate of drug-likeness (QED) is 0.476. The maximum atomic E-state index is 11.1. The van der Waals surface area contributed by atoms with Crippen molar-refractivity contribution in [3.05, 3.63) is 22.0 Å². The van der Waals surface area contributed by atoms with Crippen LogP contribution in [0.15, 0.2) is 16.9 Å². The molecule has 2 saturated carbocycles. The van der Waals surface area contributed by atoms with Crippen LogP contribution in [0.1, 0.15) is 64.2 Å². The zero-order chi connectivity index (χ0) is 14.2. The molecule has 0 aliphatic heterocycles. The van der Waals surface area contributed by atoms with Crippen molar-refractivity contribution in [3.8, 4) is 0 Å². The first-order chi connectivity index (χ1) is 9.75. The SMILES string of the molecule is O=[N+]([O-])C(C=NC1CCCCC1)=CNC1CCCCC1. The van der Waals surface area contributed by atoms with E-state index in [0.29, 0.717) is 6.04 Å². The van der Waals surface area contributed by atoms with Crippen LogP contribution in [-0.4, -0.2) is 23.2 Å². The van der Waals surface area contributed by atoms with Crippen LogP contribution >= 0.6 is 0 Å². The lowest BCUT2D eigenvalue weighted by molar-refractivity contribution is -0.414. The molecule has 0 atom stereocenters. The van der Waals surface area contributed by atoms with Crippen LogP contribution in [0.5, 0.6) is 0 Å². The van der Waals surface area contributed by atoms with Crippen molar-refractivity contribution in [2.24, 2.45) is 4.99 Å². The molecule has 2 fully saturated rings. The van der Waals surface area contributed by atoms with E-state index in [-0.39, 0.29) is 16.7 Å². The first kappa shape index (κ1) is 15.0. The summed E-state index contributed by atoms with van der Waals surface area (Å²) in [5.41, 5.74) is 0.0844. The molecule has 0 heterocycles. The van der Waals surface area contributed by atoms with E-state index in [2.05, 4.69) is 10.3 Å². The summed E-state index contributed by atoms with van der Waals surface area (Å²) in [6.07, 6.45) is 14.7. The Morgan fingerprint density at radius 3 is 2.25 bits per heavy atom. The first-order valence-electron chi connectivity index (χ1n) is 7.89. The van der Waals surface area contributed by atoms with E-state index >= 15 is 0 Å². The van der Waals surface area contributed by atoms with Crippen molar-refractivity contribution in [3.63, 3.8) is 0 Å². The van der Waals surface area contributed by atoms with Crippen LogP contribution in [0.4, 0.5) is 0 Å². The van der Waals surface area contributed by atoms with Crippen molar-refractivity contribution in [1.82, 2.24) is 5.32 Å². The second-order valence-corrected chi connectivity index (χ2v) is 5.90. The molecule has 0 amide bonds. The number of nitrogens with zero attached hydrogens (tertiary/aromatic N) is 2. The molecule has 1 N–H and O–H groups in total. The lowest BCUT2D eigenvalue weighted by Crippen LogP contribution is -2.27. The Labute approximate surface area is 120 Å². The van der Waals surface area contributed by atoms with Crippen molar-refractivity contribution in [2.75, 3.05) is 0 Å². The largest absolute Gasteiger partial charge is 0.383 e. The third kappa shape index (κ3) is 4.94. The highest BCUT2D eigenvalue weighted by atomic mass is 16.6. The van der Waals surface area contributed by atoms with E-state index in [1.54, 1.807) is 6.20 Å². The lowest BCUT2D eigenvalue weighted by Gasteiger charge is -2.21. The molecule has 2 aliphatic rings. The second kappa shape index (κ2) is 8.02. The minimum absolute atomic E-state index is 0.0844. The van der Waals surface area contributed by atoms with E-state index in [1.807, 2.05) is 0 Å². The molecule has 0 unspecified atom stereocenters. The van der Waals surface area contributed by atoms with Crippen molar-refractivity contribution in [2.45, 2.75) is 76.3 Å². The van der Waals surface area contributed by atoms with Gasteiger partial charge >= 0.3 is 5.70 Å². The molecule has 0 radical (unpaired) electrons. The number of rotatable bonds is 5. The van der Waals surface area contributed by atoms with Gasteiger partial charge in [0.15, 0.2) is 0 Å². The van der Waals surface area contributed by atoms with E-state index in [1.165, 1.54) is 44.7 Å². The topological polar surface area (TPSA) is 67.5 Å². The molecule has 5 nitrogen and oxygen atoms in total. The number of nitrogens with one attached hydrogen (secondary N) is 1. The molecule has 0 aromatic heterocycles. The van der Waals surface area contributed by atoms with E-state index < -0.39 is 0 Å². The molecule has 112 valence electrons. The van der Waals surface area contributed by atoms with Gasteiger partial charge in [0.25, 0.3) is 0 Å². The Kier molecular flexibility index (Phi) is 6.02. The summed E-state index contributed by atoms with van der Waals surface area (Å²) in [5, 5.41) is 14.2. The van der Waals surface area contributed by atoms with E-state index in [4.69, 9.17) is 0 Å². The number of allylic oxidation sites excluding steroid dienone is 1. The summed E-state index contributed by atoms with van der Waals surface area (Å²) in [7, 11) is 0. The highest BCUT2D eigenvalue weighted by molar-refractivity contribution is 5.75. The van der Waals surface area contributed by atoms with Crippen LogP contribution in [0.25, 0.3) is 0 Å². The Morgan fingerprint density at radius 1 is 1.05 bits per heavy atom. The number of hydrogen-bond acceptors (Lipinski definition) is 4. The van der Waals surface area contributed by atoms with Gasteiger partial charge in [0.05, 0.1) is 17.2 Å². The minimum atomic E-state index is -0.345. The normalized spacial score (nSPS) is 23.1. The van der Waals surface area contributed by atoms with Crippen LogP contribution in [0.3, 0.4) is 0 Å². The average Bonchev–Trinajstić information content (AvgIpc) is 2.49. The zero-order valence-corrected chi connectivity index (χ0v) is 12.1. The van der Waals surface area contributed by atoms with Gasteiger partial charge in [-0.25, -0.2) is 0 Å². The predicted molar refractivity (Wildman–Crippen MR) is 80.5 cm³/mol. The molecule has 0 spiro atoms. The summed E-state index contributed by atoms with van der Waals surface area (Å²) in [6, 6.07) is 0.670. The summed E-state index contributed by atoms with van der Waals surface area (Å²) in [6.45, 7) is 0. The smallest absolute Gasteiger partial charge is 0.302 e. The van der Waals surface area contributed by atoms with Gasteiger partial charge in [-0.15, -0.1) is 0 Å². The van der Waals surface area contributed by atoms with Crippen LogP contribution in [0.2, 0.25) is 0 Å². The predicted octanol–water partition coefficient (Wildman–Crippen LogP) is 3.43. The Bertz CT molecular complexity index is 367. The van der Waals surface area contributed by atoms with Crippen LogP contribution < -0.4 is 5.32 Å². The summed E-state index contributed by atoms with van der Waals surface area (Å²) >= 11 is 0. The third-order valence-electron chi connectivity index (χ3n) is 4.28. The standard InChI is InChI=1S/C15H25N3O2/c19-18(20)15(11-16-13-7-3-1-4-8-13)12-17-14-9-5-2-6-10-14/h11-14,16H,1-10H2. The first-order valence-corrected chi connectivity index (χ1v) is 7.89. The molecule has 0 aromatic carbocycles. The maximum Gasteiger partial charge on any atom is 0.302 e. The van der Waals surface area contributed by atoms with Gasteiger partial charge in [0, 0.05) is 6.04 Å². The summed E-state index contributed by atoms with van der Waals surface area (Å²) in [4.78, 5) is 15.1. The molecule has 20 heavy (non-hydrogen) atoms. The Hall–Kier alpha value is -1.39. The molecule has 5 heteroatoms. The Morgan fingerprint density at radius 2 is 1.65 bits per heavy atom. The van der Waals surface area contributed by atoms with Gasteiger partial charge in [-0.05, 0) is 25.7 Å². The van der Waals surface area contributed by atoms with Gasteiger partial charge in [-0.3, -0.25) is 15.1 Å². The molecule has 2 aliphatic carbocycles. The number of hydrogen-bond donors (Lipinski definition) is 1. The molecule has 0 bridgehead atoms. The minimum Gasteiger partial charge on any atom is -0.383 e. The van der Waals surface area contributed by atoms with Crippen molar-refractivity contribution < 1.29 is 4.92 Å². The van der Waals surface area contributed by atoms with Crippen LogP contribution in [0, 0.1) is 10.1 Å². The average molecular weight is 279 g/mol. The van der Waals surface area contributed by atoms with Gasteiger partial charge in [0.2, 0.25) is 0 Å². The maximum absolute atomic E-state index is 11.1. The molecular formula is C15H25N3O2.